The molecule has 3 N–H and O–H groups in total. The lowest BCUT2D eigenvalue weighted by atomic mass is 10.2. The van der Waals surface area contributed by atoms with Gasteiger partial charge in [-0.15, -0.1) is 0 Å². The van der Waals surface area contributed by atoms with Crippen LogP contribution in [0.4, 0.5) is 11.6 Å². The Bertz CT molecular complexity index is 364. The van der Waals surface area contributed by atoms with Crippen LogP contribution in [0.5, 0.6) is 0 Å². The van der Waals surface area contributed by atoms with Crippen molar-refractivity contribution in [1.82, 2.24) is 9.97 Å². The molecule has 0 bridgehead atoms. The molecule has 0 spiro atoms. The molecule has 5 nitrogen and oxygen atoms in total. The van der Waals surface area contributed by atoms with Crippen LogP contribution in [0.2, 0.25) is 0 Å². The summed E-state index contributed by atoms with van der Waals surface area (Å²) in [4.78, 5) is 11.1. The number of nitrogens with zero attached hydrogens (tertiary/aromatic N) is 3. The minimum Gasteiger partial charge on any atom is -0.357 e. The first-order chi connectivity index (χ1) is 8.13. The number of hydrogen-bond acceptors (Lipinski definition) is 5. The van der Waals surface area contributed by atoms with Gasteiger partial charge in [0.15, 0.2) is 0 Å². The average Bonchev–Trinajstić information content (AvgIpc) is 2.33. The van der Waals surface area contributed by atoms with Crippen molar-refractivity contribution in [2.24, 2.45) is 5.84 Å². The summed E-state index contributed by atoms with van der Waals surface area (Å²) in [6, 6.07) is 0. The molecule has 0 aliphatic carbocycles. The molecule has 96 valence electrons. The third-order valence-corrected chi connectivity index (χ3v) is 2.83. The third-order valence-electron chi connectivity index (χ3n) is 2.83. The third kappa shape index (κ3) is 3.30. The van der Waals surface area contributed by atoms with Crippen LogP contribution < -0.4 is 16.2 Å². The number of aryl methyl sites for hydroxylation is 1. The number of hydrazine groups is 1. The van der Waals surface area contributed by atoms with Crippen molar-refractivity contribution in [3.8, 4) is 0 Å². The van der Waals surface area contributed by atoms with Crippen LogP contribution in [0.3, 0.4) is 0 Å². The molecular formula is C12H23N5. The highest BCUT2D eigenvalue weighted by Gasteiger charge is 2.13. The van der Waals surface area contributed by atoms with Crippen molar-refractivity contribution < 1.29 is 0 Å². The van der Waals surface area contributed by atoms with E-state index >= 15 is 0 Å². The predicted octanol–water partition coefficient (Wildman–Crippen LogP) is 2.01. The van der Waals surface area contributed by atoms with Crippen molar-refractivity contribution in [3.63, 3.8) is 0 Å². The van der Waals surface area contributed by atoms with Gasteiger partial charge in [0, 0.05) is 18.7 Å². The normalized spacial score (nSPS) is 10.4. The van der Waals surface area contributed by atoms with Gasteiger partial charge in [-0.2, -0.15) is 0 Å². The predicted molar refractivity (Wildman–Crippen MR) is 72.1 cm³/mol. The van der Waals surface area contributed by atoms with Crippen molar-refractivity contribution in [1.29, 1.82) is 0 Å². The number of rotatable bonds is 6. The Morgan fingerprint density at radius 3 is 2.47 bits per heavy atom. The Balaban J connectivity index is 3.05. The van der Waals surface area contributed by atoms with Crippen LogP contribution in [0.1, 0.15) is 38.1 Å². The van der Waals surface area contributed by atoms with Crippen molar-refractivity contribution in [2.75, 3.05) is 23.4 Å². The highest BCUT2D eigenvalue weighted by Crippen LogP contribution is 2.23. The van der Waals surface area contributed by atoms with Gasteiger partial charge in [-0.25, -0.2) is 15.8 Å². The van der Waals surface area contributed by atoms with Crippen LogP contribution in [-0.4, -0.2) is 23.1 Å². The number of unbranched alkanes of at least 4 members (excludes halogenated alkanes) is 1. The van der Waals surface area contributed by atoms with E-state index < -0.39 is 0 Å². The fourth-order valence-electron chi connectivity index (χ4n) is 1.82. The molecule has 1 aromatic rings. The molecule has 0 amide bonds. The van der Waals surface area contributed by atoms with Crippen molar-refractivity contribution in [2.45, 2.75) is 40.5 Å². The zero-order chi connectivity index (χ0) is 12.8. The molecule has 1 aromatic heterocycles. The lowest BCUT2D eigenvalue weighted by Gasteiger charge is -2.24. The minimum atomic E-state index is 0.711. The van der Waals surface area contributed by atoms with Crippen LogP contribution in [-0.2, 0) is 0 Å². The summed E-state index contributed by atoms with van der Waals surface area (Å²) in [7, 11) is 0. The highest BCUT2D eigenvalue weighted by molar-refractivity contribution is 5.58. The Hall–Kier alpha value is -1.36. The van der Waals surface area contributed by atoms with Gasteiger partial charge < -0.3 is 10.3 Å². The summed E-state index contributed by atoms with van der Waals surface area (Å²) in [5.74, 6) is 7.91. The van der Waals surface area contributed by atoms with Gasteiger partial charge in [0.25, 0.3) is 0 Å². The number of nitrogens with one attached hydrogen (secondary N) is 1. The van der Waals surface area contributed by atoms with Gasteiger partial charge in [-0.3, -0.25) is 0 Å². The van der Waals surface area contributed by atoms with E-state index in [1.54, 1.807) is 0 Å². The summed E-state index contributed by atoms with van der Waals surface area (Å²) in [5, 5.41) is 0. The summed E-state index contributed by atoms with van der Waals surface area (Å²) in [6.45, 7) is 10.2. The first-order valence-corrected chi connectivity index (χ1v) is 6.20. The molecule has 5 heteroatoms. The van der Waals surface area contributed by atoms with Crippen LogP contribution in [0.15, 0.2) is 0 Å². The number of hydrogen-bond donors (Lipinski definition) is 2. The van der Waals surface area contributed by atoms with Crippen LogP contribution in [0.25, 0.3) is 0 Å². The summed E-state index contributed by atoms with van der Waals surface area (Å²) < 4.78 is 0. The maximum Gasteiger partial charge on any atom is 0.148 e. The van der Waals surface area contributed by atoms with E-state index in [0.717, 1.165) is 30.3 Å². The second-order valence-corrected chi connectivity index (χ2v) is 4.15. The summed E-state index contributed by atoms with van der Waals surface area (Å²) in [5.41, 5.74) is 3.64. The van der Waals surface area contributed by atoms with Crippen molar-refractivity contribution in [3.05, 3.63) is 11.4 Å². The molecule has 0 fully saturated rings. The Morgan fingerprint density at radius 1 is 1.24 bits per heavy atom. The van der Waals surface area contributed by atoms with Gasteiger partial charge in [-0.1, -0.05) is 13.3 Å². The van der Waals surface area contributed by atoms with Gasteiger partial charge in [0.2, 0.25) is 0 Å². The summed E-state index contributed by atoms with van der Waals surface area (Å²) in [6.07, 6.45) is 2.35. The molecule has 0 saturated heterocycles. The van der Waals surface area contributed by atoms with Crippen molar-refractivity contribution >= 4 is 11.6 Å². The lowest BCUT2D eigenvalue weighted by Crippen LogP contribution is -2.27. The highest BCUT2D eigenvalue weighted by atomic mass is 15.3. The largest absolute Gasteiger partial charge is 0.357 e. The Morgan fingerprint density at radius 2 is 1.94 bits per heavy atom. The van der Waals surface area contributed by atoms with Crippen LogP contribution in [0, 0.1) is 13.8 Å². The molecule has 17 heavy (non-hydrogen) atoms. The minimum absolute atomic E-state index is 0.711. The number of aromatic nitrogens is 2. The van der Waals surface area contributed by atoms with Gasteiger partial charge in [0.05, 0.1) is 0 Å². The molecule has 1 rings (SSSR count). The molecule has 0 aromatic carbocycles. The number of nitrogens with two attached hydrogens (primary N) is 1. The smallest absolute Gasteiger partial charge is 0.148 e. The van der Waals surface area contributed by atoms with Gasteiger partial charge >= 0.3 is 0 Å². The van der Waals surface area contributed by atoms with E-state index in [9.17, 15) is 0 Å². The quantitative estimate of drug-likeness (QED) is 0.585. The molecule has 0 saturated carbocycles. The second-order valence-electron chi connectivity index (χ2n) is 4.15. The average molecular weight is 237 g/mol. The number of nitrogen functional groups attached to an aromatic ring is 1. The lowest BCUT2D eigenvalue weighted by molar-refractivity contribution is 0.718. The SMILES string of the molecule is CCCCN(CC)c1nc(C)nc(NN)c1C. The van der Waals surface area contributed by atoms with E-state index in [-0.39, 0.29) is 0 Å². The fourth-order valence-corrected chi connectivity index (χ4v) is 1.82. The second kappa shape index (κ2) is 6.39. The molecule has 0 radical (unpaired) electrons. The summed E-state index contributed by atoms with van der Waals surface area (Å²) >= 11 is 0. The Kier molecular flexibility index (Phi) is 5.15. The van der Waals surface area contributed by atoms with E-state index in [0.29, 0.717) is 5.82 Å². The van der Waals surface area contributed by atoms with Crippen LogP contribution >= 0.6 is 0 Å². The molecular weight excluding hydrogens is 214 g/mol. The first kappa shape index (κ1) is 13.7. The number of anilines is 2. The molecule has 1 heterocycles. The first-order valence-electron chi connectivity index (χ1n) is 6.20. The maximum atomic E-state index is 5.47. The molecule has 0 aliphatic rings. The van der Waals surface area contributed by atoms with E-state index in [1.807, 2.05) is 13.8 Å². The van der Waals surface area contributed by atoms with Gasteiger partial charge in [-0.05, 0) is 27.2 Å². The van der Waals surface area contributed by atoms with Gasteiger partial charge in [0.1, 0.15) is 17.5 Å². The monoisotopic (exact) mass is 237 g/mol. The molecule has 0 unspecified atom stereocenters. The zero-order valence-corrected chi connectivity index (χ0v) is 11.2. The van der Waals surface area contributed by atoms with E-state index in [2.05, 4.69) is 34.1 Å². The van der Waals surface area contributed by atoms with E-state index in [4.69, 9.17) is 5.84 Å². The standard InChI is InChI=1S/C12H23N5/c1-5-7-8-17(6-2)12-9(3)11(16-13)14-10(4)15-12/h5-8,13H2,1-4H3,(H,14,15,16). The Labute approximate surface area is 103 Å². The zero-order valence-electron chi connectivity index (χ0n) is 11.2. The maximum absolute atomic E-state index is 5.47. The molecule has 0 aliphatic heterocycles. The topological polar surface area (TPSA) is 67.1 Å². The van der Waals surface area contributed by atoms with E-state index in [1.165, 1.54) is 12.8 Å². The fraction of sp³-hybridized carbons (Fsp3) is 0.667. The molecule has 0 atom stereocenters.